The Morgan fingerprint density at radius 1 is 1.13 bits per heavy atom. The van der Waals surface area contributed by atoms with Crippen molar-refractivity contribution in [1.82, 2.24) is 0 Å². The minimum absolute atomic E-state index is 0.0841. The van der Waals surface area contributed by atoms with Crippen LogP contribution in [0.3, 0.4) is 0 Å². The Kier molecular flexibility index (Phi) is 8.01. The molecule has 0 fully saturated rings. The van der Waals surface area contributed by atoms with E-state index < -0.39 is 11.9 Å². The zero-order valence-corrected chi connectivity index (χ0v) is 18.6. The van der Waals surface area contributed by atoms with Crippen LogP contribution in [0.1, 0.15) is 16.7 Å². The SMILES string of the molecule is COC(=O)COc1cc(Br)c(/C=C(\C#N)C(=O)Nc2ccc(C)c(C)c2)cc1OC. The molecule has 0 aliphatic heterocycles. The van der Waals surface area contributed by atoms with Gasteiger partial charge in [-0.15, -0.1) is 0 Å². The van der Waals surface area contributed by atoms with Gasteiger partial charge in [-0.05, 0) is 60.9 Å². The number of nitrogens with zero attached hydrogens (tertiary/aromatic N) is 1. The van der Waals surface area contributed by atoms with Gasteiger partial charge >= 0.3 is 5.97 Å². The molecule has 0 saturated carbocycles. The van der Waals surface area contributed by atoms with E-state index in [1.165, 1.54) is 20.3 Å². The van der Waals surface area contributed by atoms with E-state index >= 15 is 0 Å². The first-order valence-corrected chi connectivity index (χ1v) is 9.66. The highest BCUT2D eigenvalue weighted by atomic mass is 79.9. The fourth-order valence-electron chi connectivity index (χ4n) is 2.45. The zero-order valence-electron chi connectivity index (χ0n) is 17.0. The second kappa shape index (κ2) is 10.5. The summed E-state index contributed by atoms with van der Waals surface area (Å²) < 4.78 is 15.8. The molecule has 1 amide bonds. The summed E-state index contributed by atoms with van der Waals surface area (Å²) >= 11 is 3.39. The molecule has 8 heteroatoms. The molecule has 156 valence electrons. The van der Waals surface area contributed by atoms with Gasteiger partial charge in [0.1, 0.15) is 11.6 Å². The fraction of sp³-hybridized carbons (Fsp3) is 0.227. The first-order chi connectivity index (χ1) is 14.3. The maximum Gasteiger partial charge on any atom is 0.343 e. The molecule has 30 heavy (non-hydrogen) atoms. The summed E-state index contributed by atoms with van der Waals surface area (Å²) in [6.45, 7) is 3.64. The van der Waals surface area contributed by atoms with E-state index in [0.29, 0.717) is 27.2 Å². The lowest BCUT2D eigenvalue weighted by atomic mass is 10.1. The summed E-state index contributed by atoms with van der Waals surface area (Å²) in [5.74, 6) is -0.421. The van der Waals surface area contributed by atoms with Crippen molar-refractivity contribution in [3.8, 4) is 17.6 Å². The van der Waals surface area contributed by atoms with Gasteiger partial charge in [-0.1, -0.05) is 22.0 Å². The molecule has 0 saturated heterocycles. The molecule has 0 spiro atoms. The standard InChI is InChI=1S/C22H21BrN2O5/c1-13-5-6-17(7-14(13)2)25-22(27)16(11-24)8-15-9-19(28-3)20(10-18(15)23)30-12-21(26)29-4/h5-10H,12H2,1-4H3,(H,25,27)/b16-8+. The van der Waals surface area contributed by atoms with E-state index in [0.717, 1.165) is 11.1 Å². The number of methoxy groups -OCH3 is 2. The van der Waals surface area contributed by atoms with Crippen molar-refractivity contribution in [2.24, 2.45) is 0 Å². The van der Waals surface area contributed by atoms with Crippen LogP contribution in [-0.2, 0) is 14.3 Å². The number of carbonyl (C=O) groups is 2. The lowest BCUT2D eigenvalue weighted by molar-refractivity contribution is -0.142. The molecule has 0 atom stereocenters. The molecule has 2 aromatic carbocycles. The van der Waals surface area contributed by atoms with Crippen molar-refractivity contribution in [3.63, 3.8) is 0 Å². The fourth-order valence-corrected chi connectivity index (χ4v) is 2.89. The Labute approximate surface area is 183 Å². The number of halogens is 1. The number of hydrogen-bond acceptors (Lipinski definition) is 6. The van der Waals surface area contributed by atoms with E-state index in [1.807, 2.05) is 32.0 Å². The van der Waals surface area contributed by atoms with Gasteiger partial charge in [-0.25, -0.2) is 4.79 Å². The molecule has 0 aromatic heterocycles. The molecule has 0 unspecified atom stereocenters. The zero-order chi connectivity index (χ0) is 22.3. The molecule has 0 aliphatic carbocycles. The van der Waals surface area contributed by atoms with Crippen molar-refractivity contribution in [2.75, 3.05) is 26.1 Å². The third-order valence-electron chi connectivity index (χ3n) is 4.29. The Morgan fingerprint density at radius 3 is 2.47 bits per heavy atom. The van der Waals surface area contributed by atoms with E-state index in [4.69, 9.17) is 9.47 Å². The van der Waals surface area contributed by atoms with Crippen LogP contribution in [0.2, 0.25) is 0 Å². The van der Waals surface area contributed by atoms with Crippen LogP contribution in [0.15, 0.2) is 40.4 Å². The highest BCUT2D eigenvalue weighted by molar-refractivity contribution is 9.10. The number of rotatable bonds is 7. The van der Waals surface area contributed by atoms with Gasteiger partial charge in [0.15, 0.2) is 18.1 Å². The Morgan fingerprint density at radius 2 is 1.87 bits per heavy atom. The van der Waals surface area contributed by atoms with E-state index in [-0.39, 0.29) is 12.2 Å². The number of esters is 1. The number of nitriles is 1. The summed E-state index contributed by atoms with van der Waals surface area (Å²) in [5.41, 5.74) is 3.19. The Balaban J connectivity index is 2.29. The summed E-state index contributed by atoms with van der Waals surface area (Å²) in [4.78, 5) is 23.9. The molecular formula is C22H21BrN2O5. The molecule has 7 nitrogen and oxygen atoms in total. The van der Waals surface area contributed by atoms with Crippen molar-refractivity contribution in [1.29, 1.82) is 5.26 Å². The number of hydrogen-bond donors (Lipinski definition) is 1. The van der Waals surface area contributed by atoms with Gasteiger partial charge in [-0.3, -0.25) is 4.79 Å². The quantitative estimate of drug-likeness (QED) is 0.368. The normalized spacial score (nSPS) is 10.7. The minimum atomic E-state index is -0.535. The topological polar surface area (TPSA) is 97.7 Å². The molecule has 0 aliphatic rings. The smallest absolute Gasteiger partial charge is 0.343 e. The molecular weight excluding hydrogens is 452 g/mol. The maximum atomic E-state index is 12.6. The van der Waals surface area contributed by atoms with E-state index in [2.05, 4.69) is 26.0 Å². The second-order valence-electron chi connectivity index (χ2n) is 6.31. The Bertz CT molecular complexity index is 1040. The third kappa shape index (κ3) is 5.84. The van der Waals surface area contributed by atoms with Crippen molar-refractivity contribution in [3.05, 3.63) is 57.1 Å². The minimum Gasteiger partial charge on any atom is -0.493 e. The van der Waals surface area contributed by atoms with E-state index in [1.54, 1.807) is 18.2 Å². The third-order valence-corrected chi connectivity index (χ3v) is 4.97. The summed E-state index contributed by atoms with van der Waals surface area (Å²) in [7, 11) is 2.71. The lowest BCUT2D eigenvalue weighted by Crippen LogP contribution is -2.14. The number of carbonyl (C=O) groups excluding carboxylic acids is 2. The molecule has 1 N–H and O–H groups in total. The number of amides is 1. The predicted molar refractivity (Wildman–Crippen MR) is 116 cm³/mol. The van der Waals surface area contributed by atoms with Gasteiger partial charge < -0.3 is 19.5 Å². The van der Waals surface area contributed by atoms with Crippen LogP contribution in [0.5, 0.6) is 11.5 Å². The van der Waals surface area contributed by atoms with Gasteiger partial charge in [0.25, 0.3) is 5.91 Å². The van der Waals surface area contributed by atoms with Crippen LogP contribution in [0.25, 0.3) is 6.08 Å². The number of ether oxygens (including phenoxy) is 3. The second-order valence-corrected chi connectivity index (χ2v) is 7.17. The monoisotopic (exact) mass is 472 g/mol. The number of aryl methyl sites for hydroxylation is 2. The highest BCUT2D eigenvalue weighted by Gasteiger charge is 2.15. The maximum absolute atomic E-state index is 12.6. The first kappa shape index (κ1) is 23.0. The largest absolute Gasteiger partial charge is 0.493 e. The molecule has 0 bridgehead atoms. The van der Waals surface area contributed by atoms with Crippen LogP contribution >= 0.6 is 15.9 Å². The van der Waals surface area contributed by atoms with Crippen LogP contribution < -0.4 is 14.8 Å². The lowest BCUT2D eigenvalue weighted by Gasteiger charge is -2.12. The van der Waals surface area contributed by atoms with Crippen molar-refractivity contribution >= 4 is 39.6 Å². The van der Waals surface area contributed by atoms with E-state index in [9.17, 15) is 14.9 Å². The van der Waals surface area contributed by atoms with Gasteiger partial charge in [0, 0.05) is 10.2 Å². The first-order valence-electron chi connectivity index (χ1n) is 8.86. The average molecular weight is 473 g/mol. The average Bonchev–Trinajstić information content (AvgIpc) is 2.73. The number of anilines is 1. The highest BCUT2D eigenvalue weighted by Crippen LogP contribution is 2.34. The molecule has 0 heterocycles. The Hall–Kier alpha value is -3.31. The van der Waals surface area contributed by atoms with Gasteiger partial charge in [0.05, 0.1) is 14.2 Å². The van der Waals surface area contributed by atoms with Gasteiger partial charge in [0.2, 0.25) is 0 Å². The predicted octanol–water partition coefficient (Wildman–Crippen LogP) is 4.17. The van der Waals surface area contributed by atoms with Crippen LogP contribution in [0.4, 0.5) is 5.69 Å². The van der Waals surface area contributed by atoms with Crippen molar-refractivity contribution in [2.45, 2.75) is 13.8 Å². The molecule has 2 rings (SSSR count). The van der Waals surface area contributed by atoms with Crippen LogP contribution in [0, 0.1) is 25.2 Å². The number of nitrogens with one attached hydrogen (secondary N) is 1. The van der Waals surface area contributed by atoms with Gasteiger partial charge in [-0.2, -0.15) is 5.26 Å². The number of benzene rings is 2. The van der Waals surface area contributed by atoms with Crippen molar-refractivity contribution < 1.29 is 23.8 Å². The molecule has 0 radical (unpaired) electrons. The molecule has 2 aromatic rings. The van der Waals surface area contributed by atoms with Crippen LogP contribution in [-0.4, -0.2) is 32.7 Å². The summed E-state index contributed by atoms with van der Waals surface area (Å²) in [5, 5.41) is 12.2. The summed E-state index contributed by atoms with van der Waals surface area (Å²) in [6.07, 6.45) is 1.44. The summed E-state index contributed by atoms with van der Waals surface area (Å²) in [6, 6.07) is 10.6.